The van der Waals surface area contributed by atoms with Crippen molar-refractivity contribution in [1.82, 2.24) is 9.88 Å². The summed E-state index contributed by atoms with van der Waals surface area (Å²) in [5, 5.41) is 1.23. The minimum Gasteiger partial charge on any atom is -0.357 e. The summed E-state index contributed by atoms with van der Waals surface area (Å²) < 4.78 is 0. The molecule has 3 aromatic carbocycles. The first-order valence-electron chi connectivity index (χ1n) is 11.0. The van der Waals surface area contributed by atoms with Crippen molar-refractivity contribution < 1.29 is 9.59 Å². The van der Waals surface area contributed by atoms with Crippen molar-refractivity contribution in [2.45, 2.75) is 24.9 Å². The summed E-state index contributed by atoms with van der Waals surface area (Å²) in [7, 11) is 0. The van der Waals surface area contributed by atoms with E-state index in [1.165, 1.54) is 21.4 Å². The van der Waals surface area contributed by atoms with Gasteiger partial charge in [-0.15, -0.1) is 0 Å². The standard InChI is InChI=1S/C27H23N3O2/c31-25-15-24(27(32)30(25)19-11-5-2-6-12-19)29-16-21(18-9-3-1-4-10-18)26-20-13-7-8-14-22(20)28-23(26)17-29/h1-14,21,24,28H,15-17H2/t21-,24+/m1/s1. The quantitative estimate of drug-likeness (QED) is 0.498. The molecule has 2 aliphatic rings. The Morgan fingerprint density at radius 3 is 2.28 bits per heavy atom. The Kier molecular flexibility index (Phi) is 4.44. The van der Waals surface area contributed by atoms with Gasteiger partial charge in [0.1, 0.15) is 0 Å². The number of H-pyrrole nitrogens is 1. The van der Waals surface area contributed by atoms with Gasteiger partial charge >= 0.3 is 0 Å². The van der Waals surface area contributed by atoms with Crippen LogP contribution >= 0.6 is 0 Å². The molecule has 6 rings (SSSR count). The number of amides is 2. The van der Waals surface area contributed by atoms with Crippen molar-refractivity contribution in [3.63, 3.8) is 0 Å². The number of carbonyl (C=O) groups is 2. The van der Waals surface area contributed by atoms with Gasteiger partial charge in [0.05, 0.1) is 18.2 Å². The van der Waals surface area contributed by atoms with Gasteiger partial charge in [-0.3, -0.25) is 14.5 Å². The third kappa shape index (κ3) is 2.97. The SMILES string of the molecule is O=C1C[C@H](N2Cc3[nH]c4ccccc4c3[C@@H](c3ccccc3)C2)C(=O)N1c1ccccc1. The minimum atomic E-state index is -0.450. The van der Waals surface area contributed by atoms with Gasteiger partial charge in [0.15, 0.2) is 0 Å². The van der Waals surface area contributed by atoms with Crippen LogP contribution in [0.25, 0.3) is 10.9 Å². The first-order chi connectivity index (χ1) is 15.7. The highest BCUT2D eigenvalue weighted by Crippen LogP contribution is 2.40. The van der Waals surface area contributed by atoms with Crippen molar-refractivity contribution in [1.29, 1.82) is 0 Å². The molecular weight excluding hydrogens is 398 g/mol. The Hall–Kier alpha value is -3.70. The van der Waals surface area contributed by atoms with Crippen LogP contribution in [0, 0.1) is 0 Å². The summed E-state index contributed by atoms with van der Waals surface area (Å²) in [6.45, 7) is 1.32. The van der Waals surface area contributed by atoms with Gasteiger partial charge in [-0.2, -0.15) is 0 Å². The van der Waals surface area contributed by atoms with Crippen molar-refractivity contribution in [2.24, 2.45) is 0 Å². The molecular formula is C27H23N3O2. The molecule has 1 N–H and O–H groups in total. The first-order valence-corrected chi connectivity index (χ1v) is 11.0. The Balaban J connectivity index is 1.40. The maximum absolute atomic E-state index is 13.4. The predicted molar refractivity (Wildman–Crippen MR) is 124 cm³/mol. The summed E-state index contributed by atoms with van der Waals surface area (Å²) >= 11 is 0. The van der Waals surface area contributed by atoms with Crippen molar-refractivity contribution in [2.75, 3.05) is 11.4 Å². The second kappa shape index (κ2) is 7.46. The predicted octanol–water partition coefficient (Wildman–Crippen LogP) is 4.45. The van der Waals surface area contributed by atoms with Crippen LogP contribution < -0.4 is 4.90 Å². The van der Waals surface area contributed by atoms with Gasteiger partial charge in [0.2, 0.25) is 5.91 Å². The fourth-order valence-corrected chi connectivity index (χ4v) is 5.28. The molecule has 32 heavy (non-hydrogen) atoms. The van der Waals surface area contributed by atoms with Crippen LogP contribution in [0.4, 0.5) is 5.69 Å². The average molecular weight is 422 g/mol. The molecule has 2 aliphatic heterocycles. The lowest BCUT2D eigenvalue weighted by molar-refractivity contribution is -0.123. The lowest BCUT2D eigenvalue weighted by atomic mass is 9.85. The highest BCUT2D eigenvalue weighted by molar-refractivity contribution is 6.22. The number of fused-ring (bicyclic) bond motifs is 3. The van der Waals surface area contributed by atoms with Crippen molar-refractivity contribution in [3.05, 3.63) is 102 Å². The van der Waals surface area contributed by atoms with Crippen LogP contribution in [0.15, 0.2) is 84.9 Å². The van der Waals surface area contributed by atoms with Gasteiger partial charge in [0.25, 0.3) is 5.91 Å². The van der Waals surface area contributed by atoms with Crippen LogP contribution in [0.1, 0.15) is 29.2 Å². The van der Waals surface area contributed by atoms with Gasteiger partial charge in [-0.25, -0.2) is 4.90 Å². The number of aromatic nitrogens is 1. The number of aromatic amines is 1. The van der Waals surface area contributed by atoms with E-state index in [2.05, 4.69) is 52.3 Å². The summed E-state index contributed by atoms with van der Waals surface area (Å²) in [5.41, 5.74) is 5.41. The normalized spacial score (nSPS) is 21.3. The van der Waals surface area contributed by atoms with Crippen LogP contribution in [-0.2, 0) is 16.1 Å². The van der Waals surface area contributed by atoms with Crippen molar-refractivity contribution >= 4 is 28.4 Å². The number of nitrogens with one attached hydrogen (secondary N) is 1. The number of carbonyl (C=O) groups excluding carboxylic acids is 2. The van der Waals surface area contributed by atoms with E-state index in [-0.39, 0.29) is 24.2 Å². The maximum Gasteiger partial charge on any atom is 0.251 e. The van der Waals surface area contributed by atoms with Crippen LogP contribution in [0.3, 0.4) is 0 Å². The lowest BCUT2D eigenvalue weighted by Crippen LogP contribution is -2.45. The number of nitrogens with zero attached hydrogens (tertiary/aromatic N) is 2. The molecule has 0 unspecified atom stereocenters. The third-order valence-electron chi connectivity index (χ3n) is 6.73. The second-order valence-electron chi connectivity index (χ2n) is 8.58. The molecule has 3 heterocycles. The molecule has 0 radical (unpaired) electrons. The number of anilines is 1. The minimum absolute atomic E-state index is 0.129. The van der Waals surface area contributed by atoms with E-state index in [4.69, 9.17) is 0 Å². The molecule has 4 aromatic rings. The fraction of sp³-hybridized carbons (Fsp3) is 0.185. The molecule has 5 nitrogen and oxygen atoms in total. The molecule has 1 fully saturated rings. The number of hydrogen-bond acceptors (Lipinski definition) is 3. The van der Waals surface area contributed by atoms with Crippen LogP contribution in [0.2, 0.25) is 0 Å². The molecule has 2 atom stereocenters. The smallest absolute Gasteiger partial charge is 0.251 e. The summed E-state index contributed by atoms with van der Waals surface area (Å²) in [4.78, 5) is 33.4. The van der Waals surface area contributed by atoms with E-state index in [0.717, 1.165) is 11.2 Å². The summed E-state index contributed by atoms with van der Waals surface area (Å²) in [6.07, 6.45) is 0.213. The number of hydrogen-bond donors (Lipinski definition) is 1. The first kappa shape index (κ1) is 19.0. The zero-order valence-electron chi connectivity index (χ0n) is 17.6. The van der Waals surface area contributed by atoms with E-state index < -0.39 is 6.04 Å². The van der Waals surface area contributed by atoms with E-state index in [1.807, 2.05) is 42.5 Å². The van der Waals surface area contributed by atoms with E-state index in [9.17, 15) is 9.59 Å². The van der Waals surface area contributed by atoms with Gasteiger partial charge in [0, 0.05) is 35.6 Å². The molecule has 2 amide bonds. The van der Waals surface area contributed by atoms with Crippen LogP contribution in [0.5, 0.6) is 0 Å². The molecule has 0 bridgehead atoms. The van der Waals surface area contributed by atoms with E-state index >= 15 is 0 Å². The molecule has 0 aliphatic carbocycles. The highest BCUT2D eigenvalue weighted by atomic mass is 16.2. The number of benzene rings is 3. The number of para-hydroxylation sites is 2. The van der Waals surface area contributed by atoms with E-state index in [1.54, 1.807) is 0 Å². The molecule has 158 valence electrons. The molecule has 5 heteroatoms. The molecule has 1 saturated heterocycles. The number of imide groups is 1. The Bertz CT molecular complexity index is 1310. The highest BCUT2D eigenvalue weighted by Gasteiger charge is 2.45. The monoisotopic (exact) mass is 421 g/mol. The maximum atomic E-state index is 13.4. The Morgan fingerprint density at radius 2 is 1.50 bits per heavy atom. The largest absolute Gasteiger partial charge is 0.357 e. The molecule has 0 saturated carbocycles. The van der Waals surface area contributed by atoms with Crippen LogP contribution in [-0.4, -0.2) is 34.3 Å². The van der Waals surface area contributed by atoms with E-state index in [0.29, 0.717) is 18.8 Å². The summed E-state index contributed by atoms with van der Waals surface area (Å²) in [5.74, 6) is -0.137. The lowest BCUT2D eigenvalue weighted by Gasteiger charge is -2.36. The number of rotatable bonds is 3. The van der Waals surface area contributed by atoms with Crippen molar-refractivity contribution in [3.8, 4) is 0 Å². The summed E-state index contributed by atoms with van der Waals surface area (Å²) in [6, 6.07) is 27.6. The zero-order chi connectivity index (χ0) is 21.7. The Morgan fingerprint density at radius 1 is 0.812 bits per heavy atom. The zero-order valence-corrected chi connectivity index (χ0v) is 17.6. The average Bonchev–Trinajstić information content (AvgIpc) is 3.36. The third-order valence-corrected chi connectivity index (χ3v) is 6.73. The second-order valence-corrected chi connectivity index (χ2v) is 8.58. The Labute approximate surface area is 186 Å². The van der Waals surface area contributed by atoms with Gasteiger partial charge < -0.3 is 4.98 Å². The molecule has 1 aromatic heterocycles. The fourth-order valence-electron chi connectivity index (χ4n) is 5.28. The molecule has 0 spiro atoms. The topological polar surface area (TPSA) is 56.4 Å². The van der Waals surface area contributed by atoms with Gasteiger partial charge in [-0.05, 0) is 29.3 Å². The van der Waals surface area contributed by atoms with Gasteiger partial charge in [-0.1, -0.05) is 66.7 Å².